The lowest BCUT2D eigenvalue weighted by Crippen LogP contribution is -2.58. The van der Waals surface area contributed by atoms with Crippen LogP contribution in [0.5, 0.6) is 17.2 Å². The Bertz CT molecular complexity index is 1910. The molecule has 0 radical (unpaired) electrons. The highest BCUT2D eigenvalue weighted by Crippen LogP contribution is 2.48. The maximum absolute atomic E-state index is 14.1. The second-order valence-electron chi connectivity index (χ2n) is 9.26. The lowest BCUT2D eigenvalue weighted by Gasteiger charge is -2.21. The van der Waals surface area contributed by atoms with Crippen LogP contribution < -0.4 is 31.6 Å². The summed E-state index contributed by atoms with van der Waals surface area (Å²) >= 11 is 42.2. The lowest BCUT2D eigenvalue weighted by molar-refractivity contribution is 0.0631. The minimum atomic E-state index is -1.24. The average Bonchev–Trinajstić information content (AvgIpc) is 3.07. The average molecular weight is 1440 g/mol. The third-order valence-corrected chi connectivity index (χ3v) is 21.0. The van der Waals surface area contributed by atoms with Crippen LogP contribution in [-0.4, -0.2) is 14.2 Å². The van der Waals surface area contributed by atoms with Gasteiger partial charge in [0.2, 0.25) is 0 Å². The summed E-state index contributed by atoms with van der Waals surface area (Å²) in [6, 6.07) is 0. The number of hydrogen-bond donors (Lipinski definition) is 0. The summed E-state index contributed by atoms with van der Waals surface area (Å²) in [7, 11) is 0. The topological polar surface area (TPSA) is 93.7 Å². The van der Waals surface area contributed by atoms with Crippen LogP contribution in [0.4, 0.5) is 0 Å². The standard InChI is InChI=1S/C27H15Br12N3O6/c1-4-7-10(28)13(31)16(34)19(37)22(7)46-40-25(43)41(47-23-8(5-2)11(29)14(32)17(35)20(23)38)27(45)42(26(40)44)48-24-9(6-3)12(30)15(33)18(36)21(24)39/h4-6H2,1-3H3. The predicted octanol–water partition coefficient (Wildman–Crippen LogP) is 12.5. The van der Waals surface area contributed by atoms with Crippen LogP contribution >= 0.6 is 191 Å². The smallest absolute Gasteiger partial charge is 0.364 e. The Balaban J connectivity index is 2.13. The highest BCUT2D eigenvalue weighted by molar-refractivity contribution is 9.16. The molecule has 0 aliphatic carbocycles. The van der Waals surface area contributed by atoms with Gasteiger partial charge in [-0.2, -0.15) is 0 Å². The molecule has 0 aliphatic rings. The SMILES string of the molecule is CCc1c(Br)c(Br)c(Br)c(Br)c1On1c(=O)n(Oc2c(Br)c(Br)c(Br)c(Br)c2CC)c(=O)n(Oc2c(Br)c(Br)c(Br)c(Br)c2CC)c1=O. The molecule has 9 nitrogen and oxygen atoms in total. The van der Waals surface area contributed by atoms with Crippen LogP contribution in [0.15, 0.2) is 68.1 Å². The van der Waals surface area contributed by atoms with E-state index in [1.807, 2.05) is 20.8 Å². The molecule has 4 rings (SSSR count). The van der Waals surface area contributed by atoms with Crippen molar-refractivity contribution in [2.24, 2.45) is 0 Å². The van der Waals surface area contributed by atoms with E-state index >= 15 is 0 Å². The highest BCUT2D eigenvalue weighted by atomic mass is 79.9. The minimum absolute atomic E-state index is 0.115. The first-order valence-corrected chi connectivity index (χ1v) is 22.6. The van der Waals surface area contributed by atoms with Crippen molar-refractivity contribution in [3.8, 4) is 17.2 Å². The normalized spacial score (nSPS) is 11.3. The molecular weight excluding hydrogens is 1420 g/mol. The maximum atomic E-state index is 14.1. The maximum Gasteiger partial charge on any atom is 0.404 e. The van der Waals surface area contributed by atoms with Crippen LogP contribution in [0.1, 0.15) is 37.5 Å². The second kappa shape index (κ2) is 17.1. The zero-order chi connectivity index (χ0) is 36.1. The number of hydrogen-bond acceptors (Lipinski definition) is 6. The summed E-state index contributed by atoms with van der Waals surface area (Å²) in [5.74, 6) is 0.346. The number of nitrogens with zero attached hydrogens (tertiary/aromatic N) is 3. The molecule has 1 aromatic heterocycles. The molecule has 0 bridgehead atoms. The molecule has 258 valence electrons. The van der Waals surface area contributed by atoms with Gasteiger partial charge >= 0.3 is 17.1 Å². The van der Waals surface area contributed by atoms with Crippen molar-refractivity contribution in [1.29, 1.82) is 0 Å². The lowest BCUT2D eigenvalue weighted by atomic mass is 10.1. The molecule has 0 amide bonds. The molecule has 1 heterocycles. The van der Waals surface area contributed by atoms with Gasteiger partial charge in [0, 0.05) is 43.5 Å². The van der Waals surface area contributed by atoms with E-state index < -0.39 is 17.1 Å². The molecule has 21 heteroatoms. The summed E-state index contributed by atoms with van der Waals surface area (Å²) in [6.45, 7) is 5.61. The van der Waals surface area contributed by atoms with Gasteiger partial charge in [0.1, 0.15) is 0 Å². The second-order valence-corrected chi connectivity index (χ2v) is 18.8. The Morgan fingerprint density at radius 1 is 0.354 bits per heavy atom. The zero-order valence-electron chi connectivity index (χ0n) is 23.9. The molecule has 48 heavy (non-hydrogen) atoms. The number of rotatable bonds is 9. The fourth-order valence-corrected chi connectivity index (χ4v) is 11.8. The van der Waals surface area contributed by atoms with E-state index in [-0.39, 0.29) is 17.2 Å². The van der Waals surface area contributed by atoms with E-state index in [2.05, 4.69) is 191 Å². The fourth-order valence-electron chi connectivity index (χ4n) is 4.20. The molecule has 0 fully saturated rings. The van der Waals surface area contributed by atoms with Crippen LogP contribution in [0.25, 0.3) is 0 Å². The van der Waals surface area contributed by atoms with Crippen molar-refractivity contribution in [3.05, 3.63) is 102 Å². The van der Waals surface area contributed by atoms with Gasteiger partial charge in [-0.05, 0) is 210 Å². The van der Waals surface area contributed by atoms with Crippen molar-refractivity contribution < 1.29 is 14.5 Å². The molecule has 0 aliphatic heterocycles. The van der Waals surface area contributed by atoms with Crippen molar-refractivity contribution in [2.75, 3.05) is 0 Å². The quantitative estimate of drug-likeness (QED) is 0.122. The highest BCUT2D eigenvalue weighted by Gasteiger charge is 2.29. The minimum Gasteiger partial charge on any atom is -0.364 e. The van der Waals surface area contributed by atoms with E-state index in [9.17, 15) is 14.4 Å². The Labute approximate surface area is 373 Å². The first kappa shape index (κ1) is 42.0. The molecule has 0 saturated carbocycles. The van der Waals surface area contributed by atoms with Gasteiger partial charge in [-0.3, -0.25) is 0 Å². The van der Waals surface area contributed by atoms with Crippen LogP contribution in [0.2, 0.25) is 0 Å². The van der Waals surface area contributed by atoms with Crippen molar-refractivity contribution in [1.82, 2.24) is 14.2 Å². The van der Waals surface area contributed by atoms with Crippen molar-refractivity contribution in [3.63, 3.8) is 0 Å². The van der Waals surface area contributed by atoms with E-state index in [0.29, 0.717) is 104 Å². The number of benzene rings is 3. The van der Waals surface area contributed by atoms with Gasteiger partial charge in [-0.25, -0.2) is 14.4 Å². The summed E-state index contributed by atoms with van der Waals surface area (Å²) in [5.41, 5.74) is -1.93. The molecule has 4 aromatic rings. The van der Waals surface area contributed by atoms with E-state index in [0.717, 1.165) is 0 Å². The van der Waals surface area contributed by atoms with Crippen LogP contribution in [-0.2, 0) is 19.3 Å². The molecule has 0 spiro atoms. The van der Waals surface area contributed by atoms with Crippen LogP contribution in [0.3, 0.4) is 0 Å². The fraction of sp³-hybridized carbons (Fsp3) is 0.222. The molecule has 0 atom stereocenters. The first-order chi connectivity index (χ1) is 22.5. The van der Waals surface area contributed by atoms with Gasteiger partial charge in [0.05, 0.1) is 26.8 Å². The van der Waals surface area contributed by atoms with Gasteiger partial charge in [0.15, 0.2) is 17.2 Å². The Morgan fingerprint density at radius 3 is 0.729 bits per heavy atom. The van der Waals surface area contributed by atoms with E-state index in [1.54, 1.807) is 0 Å². The monoisotopic (exact) mass is 1420 g/mol. The number of halogens is 12. The molecule has 3 aromatic carbocycles. The Morgan fingerprint density at radius 2 is 0.542 bits per heavy atom. The third kappa shape index (κ3) is 7.60. The van der Waals surface area contributed by atoms with Crippen LogP contribution in [0, 0.1) is 0 Å². The predicted molar refractivity (Wildman–Crippen MR) is 227 cm³/mol. The molecular formula is C27H15Br12N3O6. The van der Waals surface area contributed by atoms with Gasteiger partial charge in [0.25, 0.3) is 0 Å². The van der Waals surface area contributed by atoms with Crippen molar-refractivity contribution in [2.45, 2.75) is 40.0 Å². The molecule has 0 saturated heterocycles. The Hall–Kier alpha value is 1.23. The number of aromatic nitrogens is 3. The first-order valence-electron chi connectivity index (χ1n) is 13.1. The summed E-state index contributed by atoms with van der Waals surface area (Å²) in [4.78, 5) is 60.7. The molecule has 0 N–H and O–H groups in total. The summed E-state index contributed by atoms with van der Waals surface area (Å²) in [6.07, 6.45) is 1.28. The molecule has 0 unspecified atom stereocenters. The summed E-state index contributed by atoms with van der Waals surface area (Å²) < 4.78 is 7.82. The zero-order valence-corrected chi connectivity index (χ0v) is 43.0. The van der Waals surface area contributed by atoms with Gasteiger partial charge in [-0.1, -0.05) is 35.0 Å². The largest absolute Gasteiger partial charge is 0.404 e. The van der Waals surface area contributed by atoms with Gasteiger partial charge < -0.3 is 14.5 Å². The summed E-state index contributed by atoms with van der Waals surface area (Å²) in [5, 5.41) is 0. The van der Waals surface area contributed by atoms with Crippen molar-refractivity contribution >= 4 is 191 Å². The Kier molecular flexibility index (Phi) is 15.0. The van der Waals surface area contributed by atoms with E-state index in [1.165, 1.54) is 0 Å². The third-order valence-electron chi connectivity index (χ3n) is 6.60. The van der Waals surface area contributed by atoms with Gasteiger partial charge in [-0.15, -0.1) is 0 Å². The van der Waals surface area contributed by atoms with E-state index in [4.69, 9.17) is 14.5 Å².